The van der Waals surface area contributed by atoms with E-state index in [1.165, 1.54) is 61.6 Å². The van der Waals surface area contributed by atoms with Gasteiger partial charge in [0.1, 0.15) is 0 Å². The van der Waals surface area contributed by atoms with E-state index in [9.17, 15) is 5.11 Å². The Balaban J connectivity index is 1.93. The molecule has 1 aromatic carbocycles. The zero-order chi connectivity index (χ0) is 17.4. The minimum absolute atomic E-state index is 0.0386. The quantitative estimate of drug-likeness (QED) is 0.635. The van der Waals surface area contributed by atoms with Gasteiger partial charge in [-0.05, 0) is 55.2 Å². The summed E-state index contributed by atoms with van der Waals surface area (Å²) in [6.45, 7) is 4.27. The molecule has 0 aliphatic heterocycles. The van der Waals surface area contributed by atoms with E-state index < -0.39 is 5.54 Å². The van der Waals surface area contributed by atoms with E-state index in [1.54, 1.807) is 0 Å². The van der Waals surface area contributed by atoms with E-state index in [1.807, 2.05) is 6.92 Å². The fraction of sp³-hybridized carbons (Fsp3) is 0.636. The molecule has 2 atom stereocenters. The highest BCUT2D eigenvalue weighted by atomic mass is 16.3. The monoisotopic (exact) mass is 329 g/mol. The number of rotatable bonds is 9. The number of aliphatic hydroxyl groups is 1. The molecule has 2 unspecified atom stereocenters. The minimum Gasteiger partial charge on any atom is -0.394 e. The Bertz CT molecular complexity index is 533. The average Bonchev–Trinajstić information content (AvgIpc) is 2.80. The second kappa shape index (κ2) is 9.39. The van der Waals surface area contributed by atoms with E-state index in [-0.39, 0.29) is 6.61 Å². The Morgan fingerprint density at radius 3 is 2.67 bits per heavy atom. The first-order chi connectivity index (χ1) is 11.6. The van der Waals surface area contributed by atoms with Gasteiger partial charge in [0.05, 0.1) is 6.61 Å². The van der Waals surface area contributed by atoms with E-state index in [0.717, 1.165) is 12.8 Å². The molecule has 1 aromatic rings. The van der Waals surface area contributed by atoms with Gasteiger partial charge in [-0.25, -0.2) is 0 Å². The lowest BCUT2D eigenvalue weighted by atomic mass is 9.80. The van der Waals surface area contributed by atoms with E-state index >= 15 is 0 Å². The molecule has 0 fully saturated rings. The standard InChI is InChI=1S/C22H35NO/c1-3-4-5-6-7-8-10-18-13-14-20-16-21(22(2,23)17-24)12-9-11-19(20)15-18/h9,11,13-15,21,24H,3-8,10,12,16-17,23H2,1-2H3. The second-order valence-electron chi connectivity index (χ2n) is 7.75. The number of nitrogens with two attached hydrogens (primary N) is 1. The van der Waals surface area contributed by atoms with Crippen molar-refractivity contribution in [2.45, 2.75) is 77.2 Å². The number of aryl methyl sites for hydroxylation is 1. The number of benzene rings is 1. The molecule has 2 nitrogen and oxygen atoms in total. The molecule has 1 aliphatic rings. The lowest BCUT2D eigenvalue weighted by Gasteiger charge is -2.31. The van der Waals surface area contributed by atoms with Gasteiger partial charge in [0.25, 0.3) is 0 Å². The highest BCUT2D eigenvalue weighted by molar-refractivity contribution is 5.56. The lowest BCUT2D eigenvalue weighted by molar-refractivity contribution is 0.154. The van der Waals surface area contributed by atoms with Crippen LogP contribution in [0.5, 0.6) is 0 Å². The molecule has 134 valence electrons. The number of hydrogen-bond acceptors (Lipinski definition) is 2. The molecule has 0 bridgehead atoms. The van der Waals surface area contributed by atoms with Crippen molar-refractivity contribution in [1.82, 2.24) is 0 Å². The van der Waals surface area contributed by atoms with E-state index in [4.69, 9.17) is 5.73 Å². The van der Waals surface area contributed by atoms with Gasteiger partial charge >= 0.3 is 0 Å². The SMILES string of the molecule is CCCCCCCCc1ccc2c(c1)C=CCC(C(C)(N)CO)C2. The fourth-order valence-corrected chi connectivity index (χ4v) is 3.59. The van der Waals surface area contributed by atoms with E-state index in [2.05, 4.69) is 37.3 Å². The molecule has 0 saturated heterocycles. The van der Waals surface area contributed by atoms with Crippen LogP contribution in [0.1, 0.15) is 75.5 Å². The second-order valence-corrected chi connectivity index (χ2v) is 7.75. The van der Waals surface area contributed by atoms with Crippen LogP contribution in [0.4, 0.5) is 0 Å². The third-order valence-electron chi connectivity index (χ3n) is 5.49. The summed E-state index contributed by atoms with van der Waals surface area (Å²) in [5.74, 6) is 0.296. The predicted octanol–water partition coefficient (Wildman–Crippen LogP) is 4.87. The molecule has 0 aromatic heterocycles. The summed E-state index contributed by atoms with van der Waals surface area (Å²) in [6.07, 6.45) is 15.6. The molecule has 2 rings (SSSR count). The topological polar surface area (TPSA) is 46.2 Å². The normalized spacial score (nSPS) is 19.6. The van der Waals surface area contributed by atoms with Crippen molar-refractivity contribution in [2.75, 3.05) is 6.61 Å². The first-order valence-electron chi connectivity index (χ1n) is 9.75. The van der Waals surface area contributed by atoms with Crippen molar-refractivity contribution >= 4 is 6.08 Å². The highest BCUT2D eigenvalue weighted by Crippen LogP contribution is 2.29. The lowest BCUT2D eigenvalue weighted by Crippen LogP contribution is -2.48. The smallest absolute Gasteiger partial charge is 0.0611 e. The highest BCUT2D eigenvalue weighted by Gasteiger charge is 2.30. The van der Waals surface area contributed by atoms with Crippen molar-refractivity contribution in [3.8, 4) is 0 Å². The Kier molecular flexibility index (Phi) is 7.51. The van der Waals surface area contributed by atoms with Crippen LogP contribution in [-0.2, 0) is 12.8 Å². The summed E-state index contributed by atoms with van der Waals surface area (Å²) >= 11 is 0. The van der Waals surface area contributed by atoms with Crippen LogP contribution >= 0.6 is 0 Å². The summed E-state index contributed by atoms with van der Waals surface area (Å²) < 4.78 is 0. The van der Waals surface area contributed by atoms with Crippen LogP contribution in [0.15, 0.2) is 24.3 Å². The van der Waals surface area contributed by atoms with Gasteiger partial charge in [0.2, 0.25) is 0 Å². The number of allylic oxidation sites excluding steroid dienone is 1. The van der Waals surface area contributed by atoms with Crippen molar-refractivity contribution < 1.29 is 5.11 Å². The predicted molar refractivity (Wildman–Crippen MR) is 104 cm³/mol. The molecule has 0 amide bonds. The van der Waals surface area contributed by atoms with Crippen LogP contribution < -0.4 is 5.73 Å². The van der Waals surface area contributed by atoms with Gasteiger partial charge in [-0.3, -0.25) is 0 Å². The zero-order valence-electron chi connectivity index (χ0n) is 15.6. The molecule has 0 radical (unpaired) electrons. The average molecular weight is 330 g/mol. The van der Waals surface area contributed by atoms with Gasteiger partial charge in [-0.1, -0.05) is 69.4 Å². The maximum Gasteiger partial charge on any atom is 0.0611 e. The fourth-order valence-electron chi connectivity index (χ4n) is 3.59. The zero-order valence-corrected chi connectivity index (χ0v) is 15.6. The molecule has 0 saturated carbocycles. The first kappa shape index (κ1) is 19.2. The van der Waals surface area contributed by atoms with Crippen molar-refractivity contribution in [3.63, 3.8) is 0 Å². The molecule has 3 N–H and O–H groups in total. The number of unbranched alkanes of at least 4 members (excludes halogenated alkanes) is 5. The number of hydrogen-bond donors (Lipinski definition) is 2. The molecule has 1 aliphatic carbocycles. The molecule has 0 spiro atoms. The number of fused-ring (bicyclic) bond motifs is 1. The van der Waals surface area contributed by atoms with E-state index in [0.29, 0.717) is 5.92 Å². The van der Waals surface area contributed by atoms with Crippen LogP contribution in [0, 0.1) is 5.92 Å². The Morgan fingerprint density at radius 2 is 1.92 bits per heavy atom. The van der Waals surface area contributed by atoms with Crippen LogP contribution in [0.3, 0.4) is 0 Å². The third kappa shape index (κ3) is 5.46. The third-order valence-corrected chi connectivity index (χ3v) is 5.49. The molecule has 2 heteroatoms. The van der Waals surface area contributed by atoms with Gasteiger partial charge in [0, 0.05) is 5.54 Å². The van der Waals surface area contributed by atoms with Crippen molar-refractivity contribution in [1.29, 1.82) is 0 Å². The summed E-state index contributed by atoms with van der Waals surface area (Å²) in [5, 5.41) is 9.56. The molecule has 0 heterocycles. The van der Waals surface area contributed by atoms with Gasteiger partial charge in [-0.15, -0.1) is 0 Å². The van der Waals surface area contributed by atoms with Gasteiger partial charge < -0.3 is 10.8 Å². The Morgan fingerprint density at radius 1 is 1.17 bits per heavy atom. The Hall–Kier alpha value is -1.12. The van der Waals surface area contributed by atoms with Crippen molar-refractivity contribution in [3.05, 3.63) is 41.0 Å². The molecule has 24 heavy (non-hydrogen) atoms. The largest absolute Gasteiger partial charge is 0.394 e. The molecular formula is C22H35NO. The van der Waals surface area contributed by atoms with Crippen LogP contribution in [-0.4, -0.2) is 17.3 Å². The minimum atomic E-state index is -0.511. The first-order valence-corrected chi connectivity index (χ1v) is 9.75. The summed E-state index contributed by atoms with van der Waals surface area (Å²) in [4.78, 5) is 0. The van der Waals surface area contributed by atoms with Crippen LogP contribution in [0.25, 0.3) is 6.08 Å². The maximum atomic E-state index is 9.56. The van der Waals surface area contributed by atoms with Crippen LogP contribution in [0.2, 0.25) is 0 Å². The number of aliphatic hydroxyl groups excluding tert-OH is 1. The summed E-state index contributed by atoms with van der Waals surface area (Å²) in [7, 11) is 0. The van der Waals surface area contributed by atoms with Gasteiger partial charge in [0.15, 0.2) is 0 Å². The van der Waals surface area contributed by atoms with Gasteiger partial charge in [-0.2, -0.15) is 0 Å². The Labute approximate surface area is 148 Å². The summed E-state index contributed by atoms with van der Waals surface area (Å²) in [6, 6.07) is 6.92. The molecular weight excluding hydrogens is 294 g/mol. The summed E-state index contributed by atoms with van der Waals surface area (Å²) in [5.41, 5.74) is 9.93. The van der Waals surface area contributed by atoms with Crippen molar-refractivity contribution in [2.24, 2.45) is 11.7 Å². The maximum absolute atomic E-state index is 9.56.